The van der Waals surface area contributed by atoms with E-state index in [2.05, 4.69) is 20.5 Å². The molecular weight excluding hydrogens is 272 g/mol. The van der Waals surface area contributed by atoms with Gasteiger partial charge in [0.05, 0.1) is 12.7 Å². The van der Waals surface area contributed by atoms with Crippen molar-refractivity contribution in [1.82, 2.24) is 20.5 Å². The van der Waals surface area contributed by atoms with E-state index < -0.39 is 21.5 Å². The van der Waals surface area contributed by atoms with Gasteiger partial charge in [0.15, 0.2) is 0 Å². The lowest BCUT2D eigenvalue weighted by atomic mass is 10.2. The quantitative estimate of drug-likeness (QED) is 0.851. The number of aromatic nitrogens is 3. The average molecular weight is 288 g/mol. The highest BCUT2D eigenvalue weighted by molar-refractivity contribution is 7.90. The normalized spacial score (nSPS) is 12.0. The van der Waals surface area contributed by atoms with Gasteiger partial charge in [-0.1, -0.05) is 0 Å². The summed E-state index contributed by atoms with van der Waals surface area (Å²) in [4.78, 5) is 15.0. The van der Waals surface area contributed by atoms with Gasteiger partial charge in [-0.2, -0.15) is 0 Å². The van der Waals surface area contributed by atoms with Crippen LogP contribution < -0.4 is 5.32 Å². The second-order valence-electron chi connectivity index (χ2n) is 4.86. The maximum absolute atomic E-state index is 11.4. The number of hydrogen-bond acceptors (Lipinski definition) is 7. The van der Waals surface area contributed by atoms with Gasteiger partial charge < -0.3 is 10.1 Å². The zero-order chi connectivity index (χ0) is 14.7. The van der Waals surface area contributed by atoms with Crippen molar-refractivity contribution >= 4 is 15.9 Å². The second-order valence-corrected chi connectivity index (χ2v) is 6.77. The minimum absolute atomic E-state index is 0.0545. The number of hydrogen-bond donors (Lipinski definition) is 1. The Morgan fingerprint density at radius 1 is 1.37 bits per heavy atom. The van der Waals surface area contributed by atoms with Crippen LogP contribution in [0.2, 0.25) is 0 Å². The molecule has 0 fully saturated rings. The van der Waals surface area contributed by atoms with Crippen molar-refractivity contribution in [3.63, 3.8) is 0 Å². The fourth-order valence-corrected chi connectivity index (χ4v) is 1.45. The molecule has 1 N–H and O–H groups in total. The molecule has 0 aromatic carbocycles. The van der Waals surface area contributed by atoms with Crippen molar-refractivity contribution in [2.75, 3.05) is 6.26 Å². The molecule has 0 saturated carbocycles. The van der Waals surface area contributed by atoms with E-state index in [1.165, 1.54) is 6.20 Å². The van der Waals surface area contributed by atoms with E-state index in [9.17, 15) is 13.2 Å². The van der Waals surface area contributed by atoms with Crippen LogP contribution in [0.5, 0.6) is 0 Å². The molecule has 0 aliphatic heterocycles. The van der Waals surface area contributed by atoms with Crippen LogP contribution >= 0.6 is 0 Å². The summed E-state index contributed by atoms with van der Waals surface area (Å²) in [6, 6.07) is 0. The number of nitrogens with one attached hydrogen (secondary N) is 1. The minimum Gasteiger partial charge on any atom is -0.444 e. The first-order valence-electron chi connectivity index (χ1n) is 5.43. The molecule has 0 aliphatic carbocycles. The summed E-state index contributed by atoms with van der Waals surface area (Å²) >= 11 is 0. The molecule has 0 aliphatic rings. The predicted octanol–water partition coefficient (Wildman–Crippen LogP) is 0.300. The van der Waals surface area contributed by atoms with Gasteiger partial charge in [-0.05, 0) is 20.8 Å². The van der Waals surface area contributed by atoms with E-state index in [0.29, 0.717) is 5.69 Å². The number of sulfone groups is 1. The SMILES string of the molecule is CC(C)(C)OC(=O)NCc1cnc(S(C)(=O)=O)nn1. The van der Waals surface area contributed by atoms with Gasteiger partial charge in [0.1, 0.15) is 11.3 Å². The minimum atomic E-state index is -3.47. The smallest absolute Gasteiger partial charge is 0.407 e. The van der Waals surface area contributed by atoms with E-state index in [4.69, 9.17) is 4.74 Å². The Bertz CT molecular complexity index is 548. The first kappa shape index (κ1) is 15.3. The average Bonchev–Trinajstić information content (AvgIpc) is 2.23. The molecule has 1 heterocycles. The topological polar surface area (TPSA) is 111 Å². The van der Waals surface area contributed by atoms with Crippen LogP contribution in [0, 0.1) is 0 Å². The summed E-state index contributed by atoms with van der Waals surface area (Å²) in [7, 11) is -3.47. The highest BCUT2D eigenvalue weighted by Crippen LogP contribution is 2.06. The van der Waals surface area contributed by atoms with Crippen LogP contribution in [-0.2, 0) is 21.1 Å². The maximum atomic E-state index is 11.4. The van der Waals surface area contributed by atoms with Crippen LogP contribution in [0.1, 0.15) is 26.5 Å². The van der Waals surface area contributed by atoms with E-state index in [1.807, 2.05) is 0 Å². The van der Waals surface area contributed by atoms with Crippen molar-refractivity contribution in [3.8, 4) is 0 Å². The lowest BCUT2D eigenvalue weighted by molar-refractivity contribution is 0.0522. The predicted molar refractivity (Wildman–Crippen MR) is 66.0 cm³/mol. The monoisotopic (exact) mass is 288 g/mol. The highest BCUT2D eigenvalue weighted by atomic mass is 32.2. The molecule has 106 valence electrons. The van der Waals surface area contributed by atoms with E-state index in [1.54, 1.807) is 20.8 Å². The molecule has 0 unspecified atom stereocenters. The standard InChI is InChI=1S/C10H16N4O4S/c1-10(2,3)18-9(15)12-6-7-5-11-8(14-13-7)19(4,16)17/h5H,6H2,1-4H3,(H,12,15). The van der Waals surface area contributed by atoms with Crippen molar-refractivity contribution in [1.29, 1.82) is 0 Å². The molecule has 1 aromatic heterocycles. The zero-order valence-electron chi connectivity index (χ0n) is 11.2. The van der Waals surface area contributed by atoms with Gasteiger partial charge in [-0.3, -0.25) is 0 Å². The van der Waals surface area contributed by atoms with Crippen LogP contribution in [0.15, 0.2) is 11.4 Å². The molecule has 1 amide bonds. The van der Waals surface area contributed by atoms with Crippen LogP contribution in [0.3, 0.4) is 0 Å². The Morgan fingerprint density at radius 3 is 2.42 bits per heavy atom. The Morgan fingerprint density at radius 2 is 2.00 bits per heavy atom. The van der Waals surface area contributed by atoms with E-state index in [-0.39, 0.29) is 11.7 Å². The number of carbonyl (C=O) groups is 1. The molecule has 0 radical (unpaired) electrons. The summed E-state index contributed by atoms with van der Waals surface area (Å²) < 4.78 is 27.2. The Kier molecular flexibility index (Phi) is 4.40. The largest absolute Gasteiger partial charge is 0.444 e. The Balaban J connectivity index is 2.58. The molecule has 0 saturated heterocycles. The summed E-state index contributed by atoms with van der Waals surface area (Å²) in [6.45, 7) is 5.29. The Hall–Kier alpha value is -1.77. The third-order valence-corrected chi connectivity index (χ3v) is 2.58. The Labute approximate surface area is 111 Å². The van der Waals surface area contributed by atoms with Crippen LogP contribution in [0.4, 0.5) is 4.79 Å². The molecular formula is C10H16N4O4S. The van der Waals surface area contributed by atoms with Crippen molar-refractivity contribution in [2.45, 2.75) is 38.1 Å². The fraction of sp³-hybridized carbons (Fsp3) is 0.600. The van der Waals surface area contributed by atoms with Crippen molar-refractivity contribution in [3.05, 3.63) is 11.9 Å². The highest BCUT2D eigenvalue weighted by Gasteiger charge is 2.16. The van der Waals surface area contributed by atoms with E-state index >= 15 is 0 Å². The summed E-state index contributed by atoms with van der Waals surface area (Å²) in [5.41, 5.74) is -0.257. The number of rotatable bonds is 3. The number of alkyl carbamates (subject to hydrolysis) is 1. The van der Waals surface area contributed by atoms with Crippen LogP contribution in [-0.4, -0.2) is 41.5 Å². The fourth-order valence-electron chi connectivity index (χ4n) is 1.02. The van der Waals surface area contributed by atoms with Crippen LogP contribution in [0.25, 0.3) is 0 Å². The molecule has 0 atom stereocenters. The number of ether oxygens (including phenoxy) is 1. The molecule has 1 aromatic rings. The lowest BCUT2D eigenvalue weighted by Gasteiger charge is -2.19. The zero-order valence-corrected chi connectivity index (χ0v) is 12.0. The van der Waals surface area contributed by atoms with Gasteiger partial charge in [0, 0.05) is 6.26 Å². The molecule has 1 rings (SSSR count). The van der Waals surface area contributed by atoms with Crippen molar-refractivity contribution in [2.24, 2.45) is 0 Å². The van der Waals surface area contributed by atoms with Gasteiger partial charge in [0.25, 0.3) is 5.16 Å². The number of nitrogens with zero attached hydrogens (tertiary/aromatic N) is 3. The first-order chi connectivity index (χ1) is 8.58. The lowest BCUT2D eigenvalue weighted by Crippen LogP contribution is -2.32. The molecule has 8 nitrogen and oxygen atoms in total. The second kappa shape index (κ2) is 5.47. The molecule has 9 heteroatoms. The van der Waals surface area contributed by atoms with Gasteiger partial charge in [0.2, 0.25) is 9.84 Å². The molecule has 0 bridgehead atoms. The van der Waals surface area contributed by atoms with Gasteiger partial charge in [-0.15, -0.1) is 10.2 Å². The van der Waals surface area contributed by atoms with E-state index in [0.717, 1.165) is 6.26 Å². The third kappa shape index (κ3) is 5.60. The molecule has 19 heavy (non-hydrogen) atoms. The summed E-state index contributed by atoms with van der Waals surface area (Å²) in [5.74, 6) is 0. The summed E-state index contributed by atoms with van der Waals surface area (Å²) in [6.07, 6.45) is 1.63. The van der Waals surface area contributed by atoms with Gasteiger partial charge >= 0.3 is 6.09 Å². The third-order valence-electron chi connectivity index (χ3n) is 1.73. The summed E-state index contributed by atoms with van der Waals surface area (Å²) in [5, 5.41) is 9.22. The number of carbonyl (C=O) groups excluding carboxylic acids is 1. The number of amides is 1. The maximum Gasteiger partial charge on any atom is 0.407 e. The first-order valence-corrected chi connectivity index (χ1v) is 7.32. The van der Waals surface area contributed by atoms with Gasteiger partial charge in [-0.25, -0.2) is 18.2 Å². The van der Waals surface area contributed by atoms with Crippen molar-refractivity contribution < 1.29 is 17.9 Å². The molecule has 0 spiro atoms.